The predicted octanol–water partition coefficient (Wildman–Crippen LogP) is 2.69. The Kier molecular flexibility index (Phi) is 5.12. The zero-order valence-electron chi connectivity index (χ0n) is 15.1. The fourth-order valence-electron chi connectivity index (χ4n) is 3.47. The SMILES string of the molecule is Cc1nn(C)c(C)c1C(=O)N1CCC(c2ccccc2Cl)S(=O)(=O)CC1. The molecule has 0 spiro atoms. The highest BCUT2D eigenvalue weighted by Gasteiger charge is 2.34. The molecule has 0 radical (unpaired) electrons. The maximum absolute atomic E-state index is 13.0. The van der Waals surface area contributed by atoms with Crippen molar-refractivity contribution in [2.75, 3.05) is 18.8 Å². The number of rotatable bonds is 2. The smallest absolute Gasteiger partial charge is 0.257 e. The average Bonchev–Trinajstić information content (AvgIpc) is 2.73. The number of hydrogen-bond donors (Lipinski definition) is 0. The van der Waals surface area contributed by atoms with Crippen molar-refractivity contribution in [3.63, 3.8) is 0 Å². The van der Waals surface area contributed by atoms with Crippen LogP contribution in [-0.2, 0) is 16.9 Å². The van der Waals surface area contributed by atoms with Crippen LogP contribution in [0.4, 0.5) is 0 Å². The van der Waals surface area contributed by atoms with Gasteiger partial charge in [0.15, 0.2) is 9.84 Å². The molecule has 1 amide bonds. The number of aryl methyl sites for hydroxylation is 2. The maximum atomic E-state index is 13.0. The zero-order chi connectivity index (χ0) is 19.1. The van der Waals surface area contributed by atoms with Crippen LogP contribution < -0.4 is 0 Å². The molecule has 3 rings (SSSR count). The van der Waals surface area contributed by atoms with E-state index in [1.165, 1.54) is 0 Å². The molecule has 1 aromatic heterocycles. The van der Waals surface area contributed by atoms with Crippen molar-refractivity contribution in [2.45, 2.75) is 25.5 Å². The molecular weight excluding hydrogens is 374 g/mol. The molecule has 0 bridgehead atoms. The molecule has 1 atom stereocenters. The number of aromatic nitrogens is 2. The summed E-state index contributed by atoms with van der Waals surface area (Å²) < 4.78 is 27.2. The fourth-order valence-corrected chi connectivity index (χ4v) is 5.62. The van der Waals surface area contributed by atoms with E-state index >= 15 is 0 Å². The maximum Gasteiger partial charge on any atom is 0.257 e. The molecule has 1 aliphatic heterocycles. The highest BCUT2D eigenvalue weighted by molar-refractivity contribution is 7.91. The van der Waals surface area contributed by atoms with Crippen LogP contribution in [-0.4, -0.2) is 47.8 Å². The van der Waals surface area contributed by atoms with Gasteiger partial charge in [0.05, 0.1) is 22.3 Å². The Labute approximate surface area is 158 Å². The minimum Gasteiger partial charge on any atom is -0.337 e. The van der Waals surface area contributed by atoms with Crippen LogP contribution in [0.25, 0.3) is 0 Å². The van der Waals surface area contributed by atoms with Crippen molar-refractivity contribution in [2.24, 2.45) is 7.05 Å². The van der Waals surface area contributed by atoms with Crippen molar-refractivity contribution in [3.8, 4) is 0 Å². The summed E-state index contributed by atoms with van der Waals surface area (Å²) in [6, 6.07) is 7.01. The lowest BCUT2D eigenvalue weighted by Crippen LogP contribution is -2.34. The van der Waals surface area contributed by atoms with E-state index in [1.54, 1.807) is 47.8 Å². The minimum absolute atomic E-state index is 0.0764. The molecule has 8 heteroatoms. The van der Waals surface area contributed by atoms with Gasteiger partial charge in [-0.3, -0.25) is 9.48 Å². The molecule has 1 unspecified atom stereocenters. The molecule has 0 aliphatic carbocycles. The third-order valence-corrected chi connectivity index (χ3v) is 7.46. The average molecular weight is 396 g/mol. The van der Waals surface area contributed by atoms with Gasteiger partial charge in [0.25, 0.3) is 5.91 Å². The van der Waals surface area contributed by atoms with Crippen LogP contribution >= 0.6 is 11.6 Å². The lowest BCUT2D eigenvalue weighted by atomic mass is 10.1. The second-order valence-corrected chi connectivity index (χ2v) is 9.34. The monoisotopic (exact) mass is 395 g/mol. The van der Waals surface area contributed by atoms with Gasteiger partial charge in [0.2, 0.25) is 0 Å². The van der Waals surface area contributed by atoms with Crippen LogP contribution in [0.5, 0.6) is 0 Å². The lowest BCUT2D eigenvalue weighted by molar-refractivity contribution is 0.0765. The first-order chi connectivity index (χ1) is 12.2. The Morgan fingerprint density at radius 3 is 2.54 bits per heavy atom. The number of halogens is 1. The minimum atomic E-state index is -3.40. The van der Waals surface area contributed by atoms with E-state index in [4.69, 9.17) is 11.6 Å². The summed E-state index contributed by atoms with van der Waals surface area (Å²) in [6.07, 6.45) is 0.330. The van der Waals surface area contributed by atoms with Crippen molar-refractivity contribution >= 4 is 27.3 Å². The summed E-state index contributed by atoms with van der Waals surface area (Å²) in [4.78, 5) is 14.6. The molecule has 1 aliphatic rings. The second kappa shape index (κ2) is 7.04. The first-order valence-corrected chi connectivity index (χ1v) is 10.6. The summed E-state index contributed by atoms with van der Waals surface area (Å²) in [5, 5.41) is 4.04. The van der Waals surface area contributed by atoms with E-state index in [2.05, 4.69) is 5.10 Å². The van der Waals surface area contributed by atoms with Gasteiger partial charge in [-0.15, -0.1) is 0 Å². The van der Waals surface area contributed by atoms with Crippen molar-refractivity contribution in [3.05, 3.63) is 51.8 Å². The Bertz CT molecular complexity index is 953. The van der Waals surface area contributed by atoms with Gasteiger partial charge < -0.3 is 4.90 Å². The molecule has 2 aromatic rings. The molecule has 6 nitrogen and oxygen atoms in total. The standard InChI is InChI=1S/C18H22ClN3O3S/c1-12-17(13(2)21(3)20-12)18(23)22-9-8-16(26(24,25)11-10-22)14-6-4-5-7-15(14)19/h4-7,16H,8-11H2,1-3H3. The third kappa shape index (κ3) is 3.38. The molecule has 26 heavy (non-hydrogen) atoms. The molecule has 1 aromatic carbocycles. The first-order valence-electron chi connectivity index (χ1n) is 8.48. The Hall–Kier alpha value is -1.86. The van der Waals surface area contributed by atoms with Crippen molar-refractivity contribution < 1.29 is 13.2 Å². The number of carbonyl (C=O) groups excluding carboxylic acids is 1. The van der Waals surface area contributed by atoms with Crippen LogP contribution in [0.15, 0.2) is 24.3 Å². The van der Waals surface area contributed by atoms with Gasteiger partial charge in [0, 0.05) is 30.9 Å². The zero-order valence-corrected chi connectivity index (χ0v) is 16.6. The highest BCUT2D eigenvalue weighted by atomic mass is 35.5. The number of amides is 1. The van der Waals surface area contributed by atoms with Gasteiger partial charge in [0.1, 0.15) is 0 Å². The van der Waals surface area contributed by atoms with E-state index in [0.717, 1.165) is 5.69 Å². The topological polar surface area (TPSA) is 72.3 Å². The highest BCUT2D eigenvalue weighted by Crippen LogP contribution is 2.34. The van der Waals surface area contributed by atoms with Gasteiger partial charge in [-0.25, -0.2) is 8.42 Å². The first kappa shape index (κ1) is 18.9. The van der Waals surface area contributed by atoms with E-state index in [1.807, 2.05) is 6.92 Å². The summed E-state index contributed by atoms with van der Waals surface area (Å²) in [6.45, 7) is 4.17. The third-order valence-electron chi connectivity index (χ3n) is 5.00. The largest absolute Gasteiger partial charge is 0.337 e. The van der Waals surface area contributed by atoms with Crippen LogP contribution in [0.2, 0.25) is 5.02 Å². The van der Waals surface area contributed by atoms with Gasteiger partial charge in [-0.05, 0) is 31.9 Å². The summed E-state index contributed by atoms with van der Waals surface area (Å²) >= 11 is 6.22. The van der Waals surface area contributed by atoms with E-state index in [-0.39, 0.29) is 18.2 Å². The quantitative estimate of drug-likeness (QED) is 0.783. The Balaban J connectivity index is 1.89. The number of carbonyl (C=O) groups is 1. The van der Waals surface area contributed by atoms with Crippen LogP contribution in [0, 0.1) is 13.8 Å². The van der Waals surface area contributed by atoms with Gasteiger partial charge in [-0.1, -0.05) is 29.8 Å². The number of sulfone groups is 1. The normalized spacial score (nSPS) is 20.0. The van der Waals surface area contributed by atoms with E-state index in [0.29, 0.717) is 34.8 Å². The van der Waals surface area contributed by atoms with Crippen LogP contribution in [0.1, 0.15) is 39.0 Å². The van der Waals surface area contributed by atoms with Crippen molar-refractivity contribution in [1.29, 1.82) is 0 Å². The summed E-state index contributed by atoms with van der Waals surface area (Å²) in [5.74, 6) is -0.240. The number of hydrogen-bond acceptors (Lipinski definition) is 4. The lowest BCUT2D eigenvalue weighted by Gasteiger charge is -2.20. The predicted molar refractivity (Wildman–Crippen MR) is 101 cm³/mol. The molecule has 2 heterocycles. The number of benzene rings is 1. The van der Waals surface area contributed by atoms with Gasteiger partial charge >= 0.3 is 0 Å². The molecular formula is C18H22ClN3O3S. The van der Waals surface area contributed by atoms with Crippen LogP contribution in [0.3, 0.4) is 0 Å². The Morgan fingerprint density at radius 1 is 1.23 bits per heavy atom. The van der Waals surface area contributed by atoms with Crippen molar-refractivity contribution in [1.82, 2.24) is 14.7 Å². The molecule has 140 valence electrons. The van der Waals surface area contributed by atoms with E-state index in [9.17, 15) is 13.2 Å². The Morgan fingerprint density at radius 2 is 1.92 bits per heavy atom. The molecule has 0 N–H and O–H groups in total. The fraction of sp³-hybridized carbons (Fsp3) is 0.444. The van der Waals surface area contributed by atoms with E-state index < -0.39 is 15.1 Å². The second-order valence-electron chi connectivity index (χ2n) is 6.63. The summed E-state index contributed by atoms with van der Waals surface area (Å²) in [5.41, 5.74) is 2.60. The summed E-state index contributed by atoms with van der Waals surface area (Å²) in [7, 11) is -1.61. The van der Waals surface area contributed by atoms with Gasteiger partial charge in [-0.2, -0.15) is 5.10 Å². The number of nitrogens with zero attached hydrogens (tertiary/aromatic N) is 3. The molecule has 1 saturated heterocycles. The molecule has 1 fully saturated rings. The molecule has 0 saturated carbocycles.